The van der Waals surface area contributed by atoms with E-state index in [4.69, 9.17) is 4.74 Å². The maximum atomic E-state index is 5.71. The summed E-state index contributed by atoms with van der Waals surface area (Å²) in [7, 11) is 0. The second kappa shape index (κ2) is 7.70. The van der Waals surface area contributed by atoms with Gasteiger partial charge in [0.1, 0.15) is 5.52 Å². The molecule has 3 aromatic rings. The molecule has 0 spiro atoms. The number of rotatable bonds is 7. The molecule has 0 fully saturated rings. The average Bonchev–Trinajstić information content (AvgIpc) is 2.99. The van der Waals surface area contributed by atoms with Crippen molar-refractivity contribution in [1.29, 1.82) is 0 Å². The molecule has 23 heavy (non-hydrogen) atoms. The van der Waals surface area contributed by atoms with Gasteiger partial charge in [-0.05, 0) is 43.0 Å². The lowest BCUT2D eigenvalue weighted by Crippen LogP contribution is -2.02. The monoisotopic (exact) mass is 373 g/mol. The van der Waals surface area contributed by atoms with Gasteiger partial charge in [0.15, 0.2) is 0 Å². The minimum absolute atomic E-state index is 0.681. The molecule has 0 amide bonds. The van der Waals surface area contributed by atoms with Crippen LogP contribution in [0.25, 0.3) is 11.0 Å². The molecule has 0 aliphatic heterocycles. The third kappa shape index (κ3) is 3.98. The maximum absolute atomic E-state index is 5.71. The zero-order valence-corrected chi connectivity index (χ0v) is 14.8. The Morgan fingerprint density at radius 1 is 1.09 bits per heavy atom. The Morgan fingerprint density at radius 2 is 1.91 bits per heavy atom. The number of benzene rings is 2. The van der Waals surface area contributed by atoms with Gasteiger partial charge in [-0.15, -0.1) is 5.10 Å². The second-order valence-corrected chi connectivity index (χ2v) is 6.45. The zero-order valence-electron chi connectivity index (χ0n) is 13.2. The van der Waals surface area contributed by atoms with E-state index >= 15 is 0 Å². The lowest BCUT2D eigenvalue weighted by molar-refractivity contribution is 0.116. The Kier molecular flexibility index (Phi) is 5.41. The molecule has 1 aromatic heterocycles. The molecule has 0 aliphatic rings. The normalized spacial score (nSPS) is 11.2. The molecule has 120 valence electrons. The van der Waals surface area contributed by atoms with Crippen LogP contribution in [-0.4, -0.2) is 21.6 Å². The SMILES string of the molecule is Cc1c(Br)ccc2c1nnn2CCCCOCc1ccccc1. The molecule has 0 saturated carbocycles. The van der Waals surface area contributed by atoms with E-state index in [0.717, 1.165) is 47.1 Å². The largest absolute Gasteiger partial charge is 0.377 e. The van der Waals surface area contributed by atoms with Crippen LogP contribution in [0, 0.1) is 6.92 Å². The first kappa shape index (κ1) is 16.1. The number of halogens is 1. The molecule has 0 atom stereocenters. The quantitative estimate of drug-likeness (QED) is 0.572. The van der Waals surface area contributed by atoms with E-state index < -0.39 is 0 Å². The van der Waals surface area contributed by atoms with E-state index in [0.29, 0.717) is 6.61 Å². The van der Waals surface area contributed by atoms with E-state index in [9.17, 15) is 0 Å². The number of unbranched alkanes of at least 4 members (excludes halogenated alkanes) is 1. The molecule has 4 nitrogen and oxygen atoms in total. The van der Waals surface area contributed by atoms with E-state index in [1.54, 1.807) is 0 Å². The first-order valence-electron chi connectivity index (χ1n) is 7.85. The minimum Gasteiger partial charge on any atom is -0.377 e. The van der Waals surface area contributed by atoms with Gasteiger partial charge in [-0.1, -0.05) is 51.5 Å². The molecule has 0 aliphatic carbocycles. The second-order valence-electron chi connectivity index (χ2n) is 5.60. The highest BCUT2D eigenvalue weighted by atomic mass is 79.9. The highest BCUT2D eigenvalue weighted by molar-refractivity contribution is 9.10. The molecule has 0 radical (unpaired) electrons. The highest BCUT2D eigenvalue weighted by Crippen LogP contribution is 2.23. The van der Waals surface area contributed by atoms with Gasteiger partial charge in [-0.2, -0.15) is 0 Å². The van der Waals surface area contributed by atoms with E-state index in [-0.39, 0.29) is 0 Å². The number of hydrogen-bond donors (Lipinski definition) is 0. The van der Waals surface area contributed by atoms with Crippen LogP contribution in [0.4, 0.5) is 0 Å². The third-order valence-electron chi connectivity index (χ3n) is 3.89. The van der Waals surface area contributed by atoms with Crippen molar-refractivity contribution in [1.82, 2.24) is 15.0 Å². The van der Waals surface area contributed by atoms with Crippen LogP contribution in [0.1, 0.15) is 24.0 Å². The molecule has 1 heterocycles. The van der Waals surface area contributed by atoms with Gasteiger partial charge >= 0.3 is 0 Å². The lowest BCUT2D eigenvalue weighted by atomic mass is 10.2. The summed E-state index contributed by atoms with van der Waals surface area (Å²) in [4.78, 5) is 0. The van der Waals surface area contributed by atoms with Gasteiger partial charge in [0.05, 0.1) is 12.1 Å². The lowest BCUT2D eigenvalue weighted by Gasteiger charge is -2.05. The van der Waals surface area contributed by atoms with Crippen molar-refractivity contribution in [2.45, 2.75) is 32.9 Å². The number of hydrogen-bond acceptors (Lipinski definition) is 3. The van der Waals surface area contributed by atoms with Crippen molar-refractivity contribution >= 4 is 27.0 Å². The van der Waals surface area contributed by atoms with Crippen molar-refractivity contribution in [3.8, 4) is 0 Å². The van der Waals surface area contributed by atoms with Crippen LogP contribution in [0.15, 0.2) is 46.9 Å². The smallest absolute Gasteiger partial charge is 0.117 e. The van der Waals surface area contributed by atoms with Crippen LogP contribution in [-0.2, 0) is 17.9 Å². The van der Waals surface area contributed by atoms with E-state index in [1.165, 1.54) is 5.56 Å². The number of ether oxygens (including phenoxy) is 1. The first-order chi connectivity index (χ1) is 11.3. The summed E-state index contributed by atoms with van der Waals surface area (Å²) in [6, 6.07) is 14.4. The maximum Gasteiger partial charge on any atom is 0.117 e. The number of fused-ring (bicyclic) bond motifs is 1. The molecule has 0 saturated heterocycles. The van der Waals surface area contributed by atoms with Crippen molar-refractivity contribution in [3.05, 3.63) is 58.1 Å². The molecule has 2 aromatic carbocycles. The van der Waals surface area contributed by atoms with Crippen LogP contribution in [0.2, 0.25) is 0 Å². The minimum atomic E-state index is 0.681. The number of nitrogens with zero attached hydrogens (tertiary/aromatic N) is 3. The van der Waals surface area contributed by atoms with Crippen molar-refractivity contribution in [2.24, 2.45) is 0 Å². The fourth-order valence-corrected chi connectivity index (χ4v) is 2.86. The fraction of sp³-hybridized carbons (Fsp3) is 0.333. The van der Waals surface area contributed by atoms with Crippen molar-refractivity contribution in [2.75, 3.05) is 6.61 Å². The Labute approximate surface area is 144 Å². The Hall–Kier alpha value is -1.72. The van der Waals surface area contributed by atoms with Gasteiger partial charge in [0, 0.05) is 17.6 Å². The predicted molar refractivity (Wildman–Crippen MR) is 95.3 cm³/mol. The van der Waals surface area contributed by atoms with E-state index in [1.807, 2.05) is 22.9 Å². The van der Waals surface area contributed by atoms with Gasteiger partial charge in [-0.3, -0.25) is 0 Å². The predicted octanol–water partition coefficient (Wildman–Crippen LogP) is 4.50. The summed E-state index contributed by atoms with van der Waals surface area (Å²) in [6.07, 6.45) is 2.05. The molecule has 0 N–H and O–H groups in total. The summed E-state index contributed by atoms with van der Waals surface area (Å²) in [5.41, 5.74) is 4.42. The third-order valence-corrected chi connectivity index (χ3v) is 4.75. The average molecular weight is 374 g/mol. The topological polar surface area (TPSA) is 39.9 Å². The van der Waals surface area contributed by atoms with Crippen molar-refractivity contribution < 1.29 is 4.74 Å². The zero-order chi connectivity index (χ0) is 16.1. The van der Waals surface area contributed by atoms with Gasteiger partial charge in [0.25, 0.3) is 0 Å². The van der Waals surface area contributed by atoms with Crippen LogP contribution in [0.5, 0.6) is 0 Å². The number of aromatic nitrogens is 3. The van der Waals surface area contributed by atoms with Gasteiger partial charge in [-0.25, -0.2) is 4.68 Å². The molecule has 0 bridgehead atoms. The molecule has 3 rings (SSSR count). The molecule has 0 unspecified atom stereocenters. The fourth-order valence-electron chi connectivity index (χ4n) is 2.54. The van der Waals surface area contributed by atoms with Gasteiger partial charge < -0.3 is 4.74 Å². The van der Waals surface area contributed by atoms with Gasteiger partial charge in [0.2, 0.25) is 0 Å². The van der Waals surface area contributed by atoms with Crippen LogP contribution < -0.4 is 0 Å². The summed E-state index contributed by atoms with van der Waals surface area (Å²) in [5, 5.41) is 8.55. The summed E-state index contributed by atoms with van der Waals surface area (Å²) < 4.78 is 8.76. The summed E-state index contributed by atoms with van der Waals surface area (Å²) in [6.45, 7) is 4.38. The first-order valence-corrected chi connectivity index (χ1v) is 8.65. The molecular formula is C18H20BrN3O. The Bertz CT molecular complexity index is 771. The van der Waals surface area contributed by atoms with Crippen LogP contribution in [0.3, 0.4) is 0 Å². The number of aryl methyl sites for hydroxylation is 2. The Balaban J connectivity index is 1.45. The van der Waals surface area contributed by atoms with Crippen molar-refractivity contribution in [3.63, 3.8) is 0 Å². The molecular weight excluding hydrogens is 354 g/mol. The standard InChI is InChI=1S/C18H20BrN3O/c1-14-16(19)9-10-17-18(14)20-21-22(17)11-5-6-12-23-13-15-7-3-2-4-8-15/h2-4,7-10H,5-6,11-13H2,1H3. The van der Waals surface area contributed by atoms with E-state index in [2.05, 4.69) is 57.4 Å². The summed E-state index contributed by atoms with van der Waals surface area (Å²) >= 11 is 3.53. The molecule has 5 heteroatoms. The summed E-state index contributed by atoms with van der Waals surface area (Å²) in [5.74, 6) is 0. The Morgan fingerprint density at radius 3 is 2.74 bits per heavy atom. The highest BCUT2D eigenvalue weighted by Gasteiger charge is 2.08. The van der Waals surface area contributed by atoms with Crippen LogP contribution >= 0.6 is 15.9 Å².